The maximum absolute atomic E-state index is 11.0. The van der Waals surface area contributed by atoms with Crippen molar-refractivity contribution in [1.82, 2.24) is 14.9 Å². The van der Waals surface area contributed by atoms with E-state index < -0.39 is 5.97 Å². The van der Waals surface area contributed by atoms with E-state index in [1.165, 1.54) is 38.2 Å². The summed E-state index contributed by atoms with van der Waals surface area (Å²) in [4.78, 5) is 21.1. The summed E-state index contributed by atoms with van der Waals surface area (Å²) in [5.74, 6) is -0.204. The molecule has 0 atom stereocenters. The summed E-state index contributed by atoms with van der Waals surface area (Å²) in [5, 5.41) is 9.06. The van der Waals surface area contributed by atoms with Crippen LogP contribution in [0.15, 0.2) is 12.5 Å². The van der Waals surface area contributed by atoms with Gasteiger partial charge < -0.3 is 10.0 Å². The zero-order valence-electron chi connectivity index (χ0n) is 10.7. The largest absolute Gasteiger partial charge is 0.478 e. The summed E-state index contributed by atoms with van der Waals surface area (Å²) >= 11 is 0. The molecule has 1 aliphatic rings. The Morgan fingerprint density at radius 1 is 1.50 bits per heavy atom. The van der Waals surface area contributed by atoms with Gasteiger partial charge in [-0.2, -0.15) is 0 Å². The second kappa shape index (κ2) is 5.91. The molecule has 0 unspecified atom stereocenters. The molecule has 5 heteroatoms. The van der Waals surface area contributed by atoms with Crippen LogP contribution in [0, 0.1) is 5.92 Å². The number of rotatable bonds is 5. The van der Waals surface area contributed by atoms with Gasteiger partial charge >= 0.3 is 5.97 Å². The number of nitrogens with zero attached hydrogens (tertiary/aromatic N) is 3. The maximum atomic E-state index is 11.0. The quantitative estimate of drug-likeness (QED) is 0.861. The van der Waals surface area contributed by atoms with Crippen molar-refractivity contribution < 1.29 is 9.90 Å². The van der Waals surface area contributed by atoms with Crippen molar-refractivity contribution in [3.63, 3.8) is 0 Å². The molecule has 0 radical (unpaired) electrons. The predicted octanol–water partition coefficient (Wildman–Crippen LogP) is 1.80. The Labute approximate surface area is 107 Å². The van der Waals surface area contributed by atoms with Gasteiger partial charge in [0.05, 0.1) is 5.69 Å². The van der Waals surface area contributed by atoms with E-state index in [1.807, 2.05) is 7.05 Å². The van der Waals surface area contributed by atoms with Gasteiger partial charge in [-0.15, -0.1) is 0 Å². The molecule has 0 amide bonds. The van der Waals surface area contributed by atoms with Crippen LogP contribution in [0.2, 0.25) is 0 Å². The smallest absolute Gasteiger partial charge is 0.339 e. The molecule has 1 aliphatic carbocycles. The second-order valence-electron chi connectivity index (χ2n) is 5.04. The van der Waals surface area contributed by atoms with E-state index in [1.54, 1.807) is 0 Å². The number of aromatic nitrogens is 2. The van der Waals surface area contributed by atoms with Crippen LogP contribution in [0.3, 0.4) is 0 Å². The fourth-order valence-electron chi connectivity index (χ4n) is 2.61. The summed E-state index contributed by atoms with van der Waals surface area (Å²) < 4.78 is 0. The molecule has 98 valence electrons. The van der Waals surface area contributed by atoms with Gasteiger partial charge in [0.1, 0.15) is 11.9 Å². The molecule has 1 fully saturated rings. The Kier molecular flexibility index (Phi) is 4.25. The minimum atomic E-state index is -0.958. The highest BCUT2D eigenvalue weighted by Gasteiger charge is 2.18. The molecule has 0 saturated heterocycles. The van der Waals surface area contributed by atoms with Gasteiger partial charge in [0, 0.05) is 19.3 Å². The lowest BCUT2D eigenvalue weighted by atomic mass is 10.1. The Morgan fingerprint density at radius 3 is 2.89 bits per heavy atom. The van der Waals surface area contributed by atoms with Crippen LogP contribution in [-0.2, 0) is 6.54 Å². The summed E-state index contributed by atoms with van der Waals surface area (Å²) in [6, 6.07) is 0. The monoisotopic (exact) mass is 249 g/mol. The van der Waals surface area contributed by atoms with Crippen LogP contribution >= 0.6 is 0 Å². The third-order valence-corrected chi connectivity index (χ3v) is 3.49. The van der Waals surface area contributed by atoms with Crippen molar-refractivity contribution in [2.75, 3.05) is 13.6 Å². The van der Waals surface area contributed by atoms with Gasteiger partial charge in [-0.25, -0.2) is 14.8 Å². The van der Waals surface area contributed by atoms with E-state index in [2.05, 4.69) is 14.9 Å². The molecule has 1 saturated carbocycles. The van der Waals surface area contributed by atoms with Gasteiger partial charge in [0.25, 0.3) is 0 Å². The molecule has 5 nitrogen and oxygen atoms in total. The van der Waals surface area contributed by atoms with E-state index >= 15 is 0 Å². The molecule has 0 aliphatic heterocycles. The van der Waals surface area contributed by atoms with Crippen molar-refractivity contribution in [1.29, 1.82) is 0 Å². The number of carboxylic acid groups (broad SMARTS) is 1. The van der Waals surface area contributed by atoms with Gasteiger partial charge in [0.15, 0.2) is 0 Å². The number of hydrogen-bond acceptors (Lipinski definition) is 4. The molecule has 0 spiro atoms. The standard InChI is InChI=1S/C13H19N3O2/c1-16(7-10-4-2-3-5-10)8-12-11(13(17)18)6-14-9-15-12/h6,9-10H,2-5,7-8H2,1H3,(H,17,18). The molecule has 18 heavy (non-hydrogen) atoms. The Bertz CT molecular complexity index is 416. The van der Waals surface area contributed by atoms with Crippen molar-refractivity contribution in [3.05, 3.63) is 23.8 Å². The van der Waals surface area contributed by atoms with Gasteiger partial charge in [-0.05, 0) is 25.8 Å². The van der Waals surface area contributed by atoms with E-state index in [4.69, 9.17) is 5.11 Å². The highest BCUT2D eigenvalue weighted by atomic mass is 16.4. The van der Waals surface area contributed by atoms with Gasteiger partial charge in [0.2, 0.25) is 0 Å². The molecule has 0 bridgehead atoms. The van der Waals surface area contributed by atoms with Crippen molar-refractivity contribution in [3.8, 4) is 0 Å². The van der Waals surface area contributed by atoms with Gasteiger partial charge in [-0.3, -0.25) is 0 Å². The third kappa shape index (κ3) is 3.26. The Hall–Kier alpha value is -1.49. The highest BCUT2D eigenvalue weighted by Crippen LogP contribution is 2.25. The van der Waals surface area contributed by atoms with Crippen molar-refractivity contribution in [2.24, 2.45) is 5.92 Å². The first-order valence-corrected chi connectivity index (χ1v) is 6.37. The maximum Gasteiger partial charge on any atom is 0.339 e. The number of carbonyl (C=O) groups is 1. The second-order valence-corrected chi connectivity index (χ2v) is 5.04. The van der Waals surface area contributed by atoms with Crippen molar-refractivity contribution >= 4 is 5.97 Å². The summed E-state index contributed by atoms with van der Waals surface area (Å²) in [5.41, 5.74) is 0.800. The first-order valence-electron chi connectivity index (χ1n) is 6.37. The Morgan fingerprint density at radius 2 is 2.22 bits per heavy atom. The average molecular weight is 249 g/mol. The molecule has 1 aromatic heterocycles. The number of hydrogen-bond donors (Lipinski definition) is 1. The van der Waals surface area contributed by atoms with Gasteiger partial charge in [-0.1, -0.05) is 12.8 Å². The van der Waals surface area contributed by atoms with E-state index in [0.717, 1.165) is 12.5 Å². The third-order valence-electron chi connectivity index (χ3n) is 3.49. The van der Waals surface area contributed by atoms with Crippen LogP contribution in [0.25, 0.3) is 0 Å². The molecular weight excluding hydrogens is 230 g/mol. The van der Waals surface area contributed by atoms with Crippen LogP contribution in [-0.4, -0.2) is 39.5 Å². The SMILES string of the molecule is CN(Cc1ncncc1C(=O)O)CC1CCCC1. The molecule has 1 heterocycles. The minimum Gasteiger partial charge on any atom is -0.478 e. The summed E-state index contributed by atoms with van der Waals surface area (Å²) in [6.07, 6.45) is 8.01. The number of aromatic carboxylic acids is 1. The average Bonchev–Trinajstić information content (AvgIpc) is 2.82. The van der Waals surface area contributed by atoms with Crippen LogP contribution in [0.4, 0.5) is 0 Å². The molecular formula is C13H19N3O2. The lowest BCUT2D eigenvalue weighted by Gasteiger charge is -2.20. The van der Waals surface area contributed by atoms with Crippen molar-refractivity contribution in [2.45, 2.75) is 32.2 Å². The van der Waals surface area contributed by atoms with Crippen LogP contribution in [0.5, 0.6) is 0 Å². The molecule has 1 aromatic rings. The van der Waals surface area contributed by atoms with Crippen LogP contribution < -0.4 is 0 Å². The molecule has 0 aromatic carbocycles. The summed E-state index contributed by atoms with van der Waals surface area (Å²) in [7, 11) is 2.02. The van der Waals surface area contributed by atoms with E-state index in [9.17, 15) is 4.79 Å². The normalized spacial score (nSPS) is 16.3. The van der Waals surface area contributed by atoms with E-state index in [-0.39, 0.29) is 5.56 Å². The fraction of sp³-hybridized carbons (Fsp3) is 0.615. The first kappa shape index (κ1) is 13.0. The molecule has 2 rings (SSSR count). The first-order chi connectivity index (χ1) is 8.66. The topological polar surface area (TPSA) is 66.3 Å². The molecule has 1 N–H and O–H groups in total. The Balaban J connectivity index is 1.97. The minimum absolute atomic E-state index is 0.204. The highest BCUT2D eigenvalue weighted by molar-refractivity contribution is 5.88. The lowest BCUT2D eigenvalue weighted by Crippen LogP contribution is -2.25. The lowest BCUT2D eigenvalue weighted by molar-refractivity contribution is 0.0693. The van der Waals surface area contributed by atoms with Crippen LogP contribution in [0.1, 0.15) is 41.7 Å². The number of carboxylic acids is 1. The fourth-order valence-corrected chi connectivity index (χ4v) is 2.61. The summed E-state index contributed by atoms with van der Waals surface area (Å²) in [6.45, 7) is 1.59. The van der Waals surface area contributed by atoms with E-state index in [0.29, 0.717) is 12.2 Å². The zero-order valence-corrected chi connectivity index (χ0v) is 10.7. The predicted molar refractivity (Wildman–Crippen MR) is 67.3 cm³/mol. The zero-order chi connectivity index (χ0) is 13.0.